The Kier molecular flexibility index (Phi) is 11.6. The first-order valence-corrected chi connectivity index (χ1v) is 5.11. The smallest absolute Gasteiger partial charge is 0.123 e. The molecule has 1 saturated heterocycles. The second kappa shape index (κ2) is 10.1. The van der Waals surface area contributed by atoms with E-state index in [-0.39, 0.29) is 66.1 Å². The van der Waals surface area contributed by atoms with Crippen molar-refractivity contribution >= 4 is 27.0 Å². The molecule has 1 aromatic rings. The summed E-state index contributed by atoms with van der Waals surface area (Å²) in [6.45, 7) is 4.34. The van der Waals surface area contributed by atoms with E-state index in [2.05, 4.69) is 6.92 Å². The predicted molar refractivity (Wildman–Crippen MR) is 75.9 cm³/mol. The third kappa shape index (κ3) is 6.46. The summed E-state index contributed by atoms with van der Waals surface area (Å²) in [6.07, 6.45) is 2.18. The number of ether oxygens (including phenoxy) is 2. The molecule has 0 amide bonds. The van der Waals surface area contributed by atoms with Gasteiger partial charge in [-0.25, -0.2) is 4.39 Å². The minimum atomic E-state index is -0.253. The zero-order valence-electron chi connectivity index (χ0n) is 9.90. The SMILES string of the molecule is S.S.[CH2-][C@@H]1CCC(COc2ccc(F)cc2)O1.[W]. The summed E-state index contributed by atoms with van der Waals surface area (Å²) in [6, 6.07) is 6.00. The summed E-state index contributed by atoms with van der Waals surface area (Å²) >= 11 is 0. The van der Waals surface area contributed by atoms with E-state index in [1.54, 1.807) is 12.1 Å². The molecule has 1 aliphatic rings. The largest absolute Gasteiger partial charge is 0.491 e. The molecule has 1 heterocycles. The van der Waals surface area contributed by atoms with Crippen LogP contribution in [0.5, 0.6) is 5.75 Å². The number of benzene rings is 1. The van der Waals surface area contributed by atoms with Crippen molar-refractivity contribution < 1.29 is 34.9 Å². The van der Waals surface area contributed by atoms with Crippen molar-refractivity contribution in [1.29, 1.82) is 0 Å². The van der Waals surface area contributed by atoms with E-state index < -0.39 is 0 Å². The first kappa shape index (κ1) is 20.6. The molecule has 18 heavy (non-hydrogen) atoms. The summed E-state index contributed by atoms with van der Waals surface area (Å²) in [7, 11) is 0. The van der Waals surface area contributed by atoms with Crippen LogP contribution in [0.15, 0.2) is 24.3 Å². The van der Waals surface area contributed by atoms with Crippen molar-refractivity contribution in [2.24, 2.45) is 0 Å². The normalized spacial score (nSPS) is 21.2. The van der Waals surface area contributed by atoms with Gasteiger partial charge in [0, 0.05) is 21.1 Å². The zero-order chi connectivity index (χ0) is 10.7. The quantitative estimate of drug-likeness (QED) is 0.645. The minimum Gasteiger partial charge on any atom is -0.491 e. The Balaban J connectivity index is 0. The van der Waals surface area contributed by atoms with Crippen LogP contribution in [0, 0.1) is 12.7 Å². The van der Waals surface area contributed by atoms with Crippen LogP contribution in [0.2, 0.25) is 0 Å². The summed E-state index contributed by atoms with van der Waals surface area (Å²) in [5.74, 6) is 0.421. The zero-order valence-corrected chi connectivity index (χ0v) is 14.8. The molecule has 0 bridgehead atoms. The average Bonchev–Trinajstić information content (AvgIpc) is 2.64. The fourth-order valence-electron chi connectivity index (χ4n) is 1.62. The molecular formula is C12H18FO2S2W-. The predicted octanol–water partition coefficient (Wildman–Crippen LogP) is 2.81. The summed E-state index contributed by atoms with van der Waals surface area (Å²) in [4.78, 5) is 0. The number of hydrogen-bond donors (Lipinski definition) is 0. The van der Waals surface area contributed by atoms with Crippen molar-refractivity contribution in [1.82, 2.24) is 0 Å². The summed E-state index contributed by atoms with van der Waals surface area (Å²) in [5, 5.41) is 0. The van der Waals surface area contributed by atoms with Gasteiger partial charge in [0.15, 0.2) is 0 Å². The number of hydrogen-bond acceptors (Lipinski definition) is 2. The molecule has 2 rings (SSSR count). The fraction of sp³-hybridized carbons (Fsp3) is 0.417. The molecule has 1 aromatic carbocycles. The minimum absolute atomic E-state index is 0. The molecule has 0 aliphatic carbocycles. The van der Waals surface area contributed by atoms with Gasteiger partial charge in [0.25, 0.3) is 0 Å². The van der Waals surface area contributed by atoms with Crippen molar-refractivity contribution in [3.63, 3.8) is 0 Å². The number of halogens is 1. The first-order chi connectivity index (χ1) is 7.24. The van der Waals surface area contributed by atoms with Crippen molar-refractivity contribution in [3.05, 3.63) is 37.0 Å². The van der Waals surface area contributed by atoms with Gasteiger partial charge in [-0.2, -0.15) is 27.0 Å². The molecule has 0 spiro atoms. The Bertz CT molecular complexity index is 324. The first-order valence-electron chi connectivity index (χ1n) is 5.11. The van der Waals surface area contributed by atoms with Gasteiger partial charge in [0.05, 0.1) is 6.10 Å². The molecule has 0 N–H and O–H groups in total. The van der Waals surface area contributed by atoms with Gasteiger partial charge in [-0.3, -0.25) is 0 Å². The monoisotopic (exact) mass is 461 g/mol. The van der Waals surface area contributed by atoms with Gasteiger partial charge in [0.2, 0.25) is 0 Å². The van der Waals surface area contributed by atoms with Crippen molar-refractivity contribution in [2.45, 2.75) is 25.0 Å². The van der Waals surface area contributed by atoms with Crippen molar-refractivity contribution in [3.8, 4) is 5.75 Å². The van der Waals surface area contributed by atoms with Gasteiger partial charge < -0.3 is 16.4 Å². The fourth-order valence-corrected chi connectivity index (χ4v) is 1.62. The van der Waals surface area contributed by atoms with Crippen LogP contribution in [0.4, 0.5) is 4.39 Å². The van der Waals surface area contributed by atoms with Crippen LogP contribution in [0.1, 0.15) is 12.8 Å². The van der Waals surface area contributed by atoms with E-state index >= 15 is 0 Å². The van der Waals surface area contributed by atoms with E-state index in [0.717, 1.165) is 12.8 Å². The number of rotatable bonds is 3. The molecule has 6 heteroatoms. The Morgan fingerprint density at radius 3 is 2.33 bits per heavy atom. The van der Waals surface area contributed by atoms with Gasteiger partial charge >= 0.3 is 0 Å². The van der Waals surface area contributed by atoms with E-state index in [1.807, 2.05) is 0 Å². The van der Waals surface area contributed by atoms with E-state index in [4.69, 9.17) is 9.47 Å². The molecule has 2 nitrogen and oxygen atoms in total. The molecule has 1 unspecified atom stereocenters. The molecule has 1 fully saturated rings. The van der Waals surface area contributed by atoms with Crippen LogP contribution in [0.3, 0.4) is 0 Å². The molecule has 2 atom stereocenters. The topological polar surface area (TPSA) is 18.5 Å². The van der Waals surface area contributed by atoms with Crippen LogP contribution >= 0.6 is 27.0 Å². The van der Waals surface area contributed by atoms with Crippen LogP contribution in [-0.4, -0.2) is 18.8 Å². The Labute approximate surface area is 136 Å². The molecule has 0 saturated carbocycles. The molecule has 0 radical (unpaired) electrons. The summed E-state index contributed by atoms with van der Waals surface area (Å²) in [5.41, 5.74) is 0. The van der Waals surface area contributed by atoms with Crippen LogP contribution < -0.4 is 4.74 Å². The van der Waals surface area contributed by atoms with Gasteiger partial charge in [-0.1, -0.05) is 12.5 Å². The molecule has 1 aliphatic heterocycles. The van der Waals surface area contributed by atoms with Gasteiger partial charge in [-0.05, 0) is 30.7 Å². The van der Waals surface area contributed by atoms with Crippen molar-refractivity contribution in [2.75, 3.05) is 6.61 Å². The van der Waals surface area contributed by atoms with E-state index in [1.165, 1.54) is 12.1 Å². The Morgan fingerprint density at radius 1 is 1.22 bits per heavy atom. The standard InChI is InChI=1S/C12H14FO2.2H2S.W/c1-9-2-5-12(15-9)8-14-11-6-3-10(13)4-7-11;;;/h3-4,6-7,9,12H,1-2,5,8H2;2*1H2;/q-1;;;/t9-,12?;;;/m1.../s1. The van der Waals surface area contributed by atoms with E-state index in [9.17, 15) is 4.39 Å². The maximum Gasteiger partial charge on any atom is 0.123 e. The van der Waals surface area contributed by atoms with Gasteiger partial charge in [-0.15, -0.1) is 0 Å². The van der Waals surface area contributed by atoms with E-state index in [0.29, 0.717) is 12.4 Å². The van der Waals surface area contributed by atoms with Gasteiger partial charge in [0.1, 0.15) is 18.2 Å². The maximum absolute atomic E-state index is 12.6. The maximum atomic E-state index is 12.6. The molecule has 104 valence electrons. The molecular weight excluding hydrogens is 443 g/mol. The molecule has 0 aromatic heterocycles. The van der Waals surface area contributed by atoms with Crippen LogP contribution in [0.25, 0.3) is 0 Å². The average molecular weight is 461 g/mol. The Hall–Kier alpha value is 0.298. The third-order valence-electron chi connectivity index (χ3n) is 2.45. The third-order valence-corrected chi connectivity index (χ3v) is 2.45. The summed E-state index contributed by atoms with van der Waals surface area (Å²) < 4.78 is 23.6. The Morgan fingerprint density at radius 2 is 1.83 bits per heavy atom. The second-order valence-corrected chi connectivity index (χ2v) is 3.72. The second-order valence-electron chi connectivity index (χ2n) is 3.72. The van der Waals surface area contributed by atoms with Crippen LogP contribution in [-0.2, 0) is 25.8 Å².